The topological polar surface area (TPSA) is 71.3 Å². The zero-order valence-corrected chi connectivity index (χ0v) is 12.1. The van der Waals surface area contributed by atoms with Crippen LogP contribution in [0.1, 0.15) is 11.6 Å². The lowest BCUT2D eigenvalue weighted by Gasteiger charge is -2.25. The molecule has 0 saturated carbocycles. The van der Waals surface area contributed by atoms with Crippen LogP contribution in [0.4, 0.5) is 11.5 Å². The van der Waals surface area contributed by atoms with Gasteiger partial charge < -0.3 is 10.2 Å². The monoisotopic (exact) mass is 286 g/mol. The second kappa shape index (κ2) is 6.81. The molecule has 0 spiro atoms. The van der Waals surface area contributed by atoms with Gasteiger partial charge in [0, 0.05) is 12.6 Å². The third-order valence-corrected chi connectivity index (χ3v) is 3.24. The zero-order chi connectivity index (χ0) is 15.2. The summed E-state index contributed by atoms with van der Waals surface area (Å²) in [4.78, 5) is 16.3. The molecular formula is C15H18N4O2. The summed E-state index contributed by atoms with van der Waals surface area (Å²) in [5.74, 6) is 0.628. The lowest BCUT2D eigenvalue weighted by Crippen LogP contribution is -2.27. The molecule has 6 heteroatoms. The van der Waals surface area contributed by atoms with Crippen molar-refractivity contribution in [3.63, 3.8) is 0 Å². The summed E-state index contributed by atoms with van der Waals surface area (Å²) in [6.45, 7) is 0.668. The minimum Gasteiger partial charge on any atom is -0.368 e. The molecule has 0 amide bonds. The van der Waals surface area contributed by atoms with Crippen LogP contribution in [0.5, 0.6) is 0 Å². The number of nitrogens with one attached hydrogen (secondary N) is 1. The number of hydrogen-bond acceptors (Lipinski definition) is 5. The number of anilines is 1. The van der Waals surface area contributed by atoms with Gasteiger partial charge in [-0.15, -0.1) is 0 Å². The fourth-order valence-electron chi connectivity index (χ4n) is 2.07. The average molecular weight is 286 g/mol. The number of nitrogens with zero attached hydrogens (tertiary/aromatic N) is 3. The van der Waals surface area contributed by atoms with Gasteiger partial charge >= 0.3 is 0 Å². The molecule has 0 aliphatic carbocycles. The van der Waals surface area contributed by atoms with E-state index < -0.39 is 4.92 Å². The Balaban J connectivity index is 2.04. The Morgan fingerprint density at radius 1 is 1.24 bits per heavy atom. The van der Waals surface area contributed by atoms with Gasteiger partial charge in [-0.2, -0.15) is 0 Å². The Bertz CT molecular complexity index is 584. The van der Waals surface area contributed by atoms with Crippen LogP contribution in [0.15, 0.2) is 48.7 Å². The molecule has 1 aromatic carbocycles. The maximum atomic E-state index is 10.6. The Hall–Kier alpha value is -2.47. The van der Waals surface area contributed by atoms with Gasteiger partial charge in [-0.1, -0.05) is 30.3 Å². The molecule has 21 heavy (non-hydrogen) atoms. The summed E-state index contributed by atoms with van der Waals surface area (Å²) in [5, 5.41) is 13.8. The van der Waals surface area contributed by atoms with E-state index in [9.17, 15) is 10.1 Å². The van der Waals surface area contributed by atoms with Gasteiger partial charge in [0.1, 0.15) is 12.0 Å². The maximum absolute atomic E-state index is 10.6. The van der Waals surface area contributed by atoms with Crippen molar-refractivity contribution in [3.05, 3.63) is 64.3 Å². The Morgan fingerprint density at radius 2 is 1.95 bits per heavy atom. The third kappa shape index (κ3) is 4.00. The van der Waals surface area contributed by atoms with Crippen LogP contribution in [-0.2, 0) is 0 Å². The first kappa shape index (κ1) is 14.9. The van der Waals surface area contributed by atoms with Crippen LogP contribution in [0.3, 0.4) is 0 Å². The molecule has 0 saturated heterocycles. The molecule has 6 nitrogen and oxygen atoms in total. The lowest BCUT2D eigenvalue weighted by molar-refractivity contribution is -0.385. The number of benzene rings is 1. The molecule has 0 aliphatic rings. The van der Waals surface area contributed by atoms with Crippen molar-refractivity contribution in [3.8, 4) is 0 Å². The fraction of sp³-hybridized carbons (Fsp3) is 0.267. The van der Waals surface area contributed by atoms with Crippen LogP contribution in [0.2, 0.25) is 0 Å². The third-order valence-electron chi connectivity index (χ3n) is 3.24. The number of likely N-dealkylation sites (N-methyl/N-ethyl adjacent to an activating group) is 1. The van der Waals surface area contributed by atoms with E-state index in [1.165, 1.54) is 17.8 Å². The largest absolute Gasteiger partial charge is 0.368 e. The molecule has 0 aliphatic heterocycles. The lowest BCUT2D eigenvalue weighted by atomic mass is 10.1. The second-order valence-corrected chi connectivity index (χ2v) is 4.93. The molecule has 0 bridgehead atoms. The molecule has 0 radical (unpaired) electrons. The normalized spacial score (nSPS) is 12.1. The summed E-state index contributed by atoms with van der Waals surface area (Å²) in [7, 11) is 4.03. The van der Waals surface area contributed by atoms with Crippen molar-refractivity contribution >= 4 is 11.5 Å². The molecule has 1 atom stereocenters. The Kier molecular flexibility index (Phi) is 4.84. The molecule has 2 rings (SSSR count). The van der Waals surface area contributed by atoms with Crippen molar-refractivity contribution in [2.45, 2.75) is 6.04 Å². The molecule has 0 fully saturated rings. The second-order valence-electron chi connectivity index (χ2n) is 4.93. The highest BCUT2D eigenvalue weighted by Crippen LogP contribution is 2.19. The average Bonchev–Trinajstić information content (AvgIpc) is 2.48. The van der Waals surface area contributed by atoms with E-state index in [0.717, 1.165) is 0 Å². The van der Waals surface area contributed by atoms with Gasteiger partial charge in [0.25, 0.3) is 5.69 Å². The first-order chi connectivity index (χ1) is 10.1. The SMILES string of the molecule is CN(C)[C@H](CNc1ccc([N+](=O)[O-])cn1)c1ccccc1. The fourth-order valence-corrected chi connectivity index (χ4v) is 2.07. The summed E-state index contributed by atoms with van der Waals surface area (Å²) < 4.78 is 0. The van der Waals surface area contributed by atoms with Crippen molar-refractivity contribution in [2.24, 2.45) is 0 Å². The van der Waals surface area contributed by atoms with Gasteiger partial charge in [-0.25, -0.2) is 4.98 Å². The maximum Gasteiger partial charge on any atom is 0.287 e. The van der Waals surface area contributed by atoms with E-state index in [-0.39, 0.29) is 11.7 Å². The number of aromatic nitrogens is 1. The Morgan fingerprint density at radius 3 is 2.48 bits per heavy atom. The Labute approximate surface area is 123 Å². The van der Waals surface area contributed by atoms with E-state index in [0.29, 0.717) is 12.4 Å². The minimum atomic E-state index is -0.455. The van der Waals surface area contributed by atoms with Gasteiger partial charge in [0.2, 0.25) is 0 Å². The zero-order valence-electron chi connectivity index (χ0n) is 12.1. The smallest absolute Gasteiger partial charge is 0.287 e. The van der Waals surface area contributed by atoms with Gasteiger partial charge in [0.05, 0.1) is 11.0 Å². The van der Waals surface area contributed by atoms with Crippen molar-refractivity contribution in [1.29, 1.82) is 0 Å². The molecule has 1 aromatic heterocycles. The highest BCUT2D eigenvalue weighted by atomic mass is 16.6. The molecular weight excluding hydrogens is 268 g/mol. The van der Waals surface area contributed by atoms with Crippen LogP contribution >= 0.6 is 0 Å². The van der Waals surface area contributed by atoms with E-state index in [1.807, 2.05) is 32.3 Å². The molecule has 1 heterocycles. The summed E-state index contributed by atoms with van der Waals surface area (Å²) >= 11 is 0. The van der Waals surface area contributed by atoms with Crippen molar-refractivity contribution in [1.82, 2.24) is 9.88 Å². The highest BCUT2D eigenvalue weighted by molar-refractivity contribution is 5.40. The quantitative estimate of drug-likeness (QED) is 0.653. The van der Waals surface area contributed by atoms with Gasteiger partial charge in [-0.05, 0) is 25.7 Å². The molecule has 2 aromatic rings. The van der Waals surface area contributed by atoms with E-state index in [2.05, 4.69) is 27.3 Å². The van der Waals surface area contributed by atoms with Crippen LogP contribution in [0, 0.1) is 10.1 Å². The summed E-state index contributed by atoms with van der Waals surface area (Å²) in [6.07, 6.45) is 1.26. The number of pyridine rings is 1. The summed E-state index contributed by atoms with van der Waals surface area (Å²) in [5.41, 5.74) is 1.20. The van der Waals surface area contributed by atoms with Crippen molar-refractivity contribution < 1.29 is 4.92 Å². The van der Waals surface area contributed by atoms with Crippen molar-refractivity contribution in [2.75, 3.05) is 26.0 Å². The molecule has 110 valence electrons. The van der Waals surface area contributed by atoms with E-state index in [1.54, 1.807) is 6.07 Å². The van der Waals surface area contributed by atoms with E-state index in [4.69, 9.17) is 0 Å². The van der Waals surface area contributed by atoms with Gasteiger partial charge in [0.15, 0.2) is 0 Å². The predicted molar refractivity (Wildman–Crippen MR) is 82.3 cm³/mol. The highest BCUT2D eigenvalue weighted by Gasteiger charge is 2.14. The number of hydrogen-bond donors (Lipinski definition) is 1. The van der Waals surface area contributed by atoms with Crippen LogP contribution < -0.4 is 5.32 Å². The number of nitro groups is 1. The standard InChI is InChI=1S/C15H18N4O2/c1-18(2)14(12-6-4-3-5-7-12)11-17-15-9-8-13(10-16-15)19(20)21/h3-10,14H,11H2,1-2H3,(H,16,17)/t14-/m1/s1. The van der Waals surface area contributed by atoms with Gasteiger partial charge in [-0.3, -0.25) is 10.1 Å². The minimum absolute atomic E-state index is 0.00670. The van der Waals surface area contributed by atoms with Crippen LogP contribution in [-0.4, -0.2) is 35.4 Å². The first-order valence-corrected chi connectivity index (χ1v) is 6.63. The first-order valence-electron chi connectivity index (χ1n) is 6.63. The van der Waals surface area contributed by atoms with Crippen LogP contribution in [0.25, 0.3) is 0 Å². The predicted octanol–water partition coefficient (Wildman–Crippen LogP) is 2.70. The number of rotatable bonds is 6. The summed E-state index contributed by atoms with van der Waals surface area (Å²) in [6, 6.07) is 13.4. The molecule has 1 N–H and O–H groups in total. The van der Waals surface area contributed by atoms with E-state index >= 15 is 0 Å². The molecule has 0 unspecified atom stereocenters.